The highest BCUT2D eigenvalue weighted by atomic mass is 19.1. The maximum Gasteiger partial charge on any atom is 0.123 e. The molecule has 0 spiro atoms. The molecule has 0 fully saturated rings. The summed E-state index contributed by atoms with van der Waals surface area (Å²) in [5, 5.41) is 10.5. The molecule has 102 valence electrons. The summed E-state index contributed by atoms with van der Waals surface area (Å²) in [7, 11) is 0. The Labute approximate surface area is 111 Å². The molecule has 2 atom stereocenters. The Morgan fingerprint density at radius 3 is 2.37 bits per heavy atom. The Morgan fingerprint density at radius 2 is 1.89 bits per heavy atom. The molecule has 0 saturated carbocycles. The highest BCUT2D eigenvalue weighted by molar-refractivity contribution is 5.29. The molecule has 0 aliphatic rings. The maximum atomic E-state index is 12.9. The van der Waals surface area contributed by atoms with Crippen LogP contribution in [0.2, 0.25) is 0 Å². The van der Waals surface area contributed by atoms with Gasteiger partial charge >= 0.3 is 0 Å². The molecule has 0 saturated heterocycles. The highest BCUT2D eigenvalue weighted by Crippen LogP contribution is 2.33. The number of halogens is 1. The molecule has 0 aliphatic carbocycles. The van der Waals surface area contributed by atoms with Crippen LogP contribution in [0.25, 0.3) is 0 Å². The second-order valence-electron chi connectivity index (χ2n) is 4.71. The zero-order valence-electron chi connectivity index (χ0n) is 11.1. The molecule has 0 aliphatic heterocycles. The fraction of sp³-hybridized carbons (Fsp3) is 0.333. The van der Waals surface area contributed by atoms with Gasteiger partial charge < -0.3 is 15.3 Å². The summed E-state index contributed by atoms with van der Waals surface area (Å²) < 4.78 is 18.4. The van der Waals surface area contributed by atoms with Crippen molar-refractivity contribution in [1.82, 2.24) is 0 Å². The Hall–Kier alpha value is -1.65. The summed E-state index contributed by atoms with van der Waals surface area (Å²) in [6, 6.07) is 7.86. The lowest BCUT2D eigenvalue weighted by molar-refractivity contribution is 0.145. The third kappa shape index (κ3) is 2.85. The smallest absolute Gasteiger partial charge is 0.123 e. The first-order valence-electron chi connectivity index (χ1n) is 6.23. The SMILES string of the molecule is Cc1cc(C(O)C(CN)c2ccc(F)cc2)c(C)o1. The molecule has 2 aromatic rings. The molecule has 1 heterocycles. The topological polar surface area (TPSA) is 59.4 Å². The minimum absolute atomic E-state index is 0.274. The van der Waals surface area contributed by atoms with Crippen LogP contribution < -0.4 is 5.73 Å². The van der Waals surface area contributed by atoms with Crippen molar-refractivity contribution < 1.29 is 13.9 Å². The number of rotatable bonds is 4. The van der Waals surface area contributed by atoms with Gasteiger partial charge in [0.15, 0.2) is 0 Å². The minimum atomic E-state index is -0.757. The lowest BCUT2D eigenvalue weighted by atomic mass is 9.89. The fourth-order valence-corrected chi connectivity index (χ4v) is 2.32. The summed E-state index contributed by atoms with van der Waals surface area (Å²) in [4.78, 5) is 0. The zero-order chi connectivity index (χ0) is 14.0. The Kier molecular flexibility index (Phi) is 4.02. The minimum Gasteiger partial charge on any atom is -0.466 e. The normalized spacial score (nSPS) is 14.4. The van der Waals surface area contributed by atoms with E-state index in [-0.39, 0.29) is 18.3 Å². The number of hydrogen-bond donors (Lipinski definition) is 2. The quantitative estimate of drug-likeness (QED) is 0.891. The first-order chi connectivity index (χ1) is 9.02. The van der Waals surface area contributed by atoms with Crippen molar-refractivity contribution in [3.05, 3.63) is 58.8 Å². The van der Waals surface area contributed by atoms with Gasteiger partial charge in [-0.25, -0.2) is 4.39 Å². The van der Waals surface area contributed by atoms with Gasteiger partial charge in [0.2, 0.25) is 0 Å². The van der Waals surface area contributed by atoms with E-state index in [2.05, 4.69) is 0 Å². The molecule has 0 bridgehead atoms. The summed E-state index contributed by atoms with van der Waals surface area (Å²) >= 11 is 0. The van der Waals surface area contributed by atoms with Crippen molar-refractivity contribution in [3.63, 3.8) is 0 Å². The molecule has 4 heteroatoms. The molecular weight excluding hydrogens is 245 g/mol. The van der Waals surface area contributed by atoms with Crippen LogP contribution in [-0.4, -0.2) is 11.7 Å². The van der Waals surface area contributed by atoms with E-state index in [1.165, 1.54) is 12.1 Å². The van der Waals surface area contributed by atoms with Gasteiger partial charge in [0.1, 0.15) is 17.3 Å². The van der Waals surface area contributed by atoms with Gasteiger partial charge in [-0.15, -0.1) is 0 Å². The van der Waals surface area contributed by atoms with E-state index >= 15 is 0 Å². The lowest BCUT2D eigenvalue weighted by Gasteiger charge is -2.21. The van der Waals surface area contributed by atoms with Crippen LogP contribution >= 0.6 is 0 Å². The summed E-state index contributed by atoms with van der Waals surface area (Å²) in [6.45, 7) is 3.92. The van der Waals surface area contributed by atoms with E-state index in [1.54, 1.807) is 12.1 Å². The molecule has 1 aromatic carbocycles. The first-order valence-corrected chi connectivity index (χ1v) is 6.23. The van der Waals surface area contributed by atoms with E-state index in [4.69, 9.17) is 10.2 Å². The largest absolute Gasteiger partial charge is 0.466 e. The van der Waals surface area contributed by atoms with E-state index in [0.29, 0.717) is 5.76 Å². The van der Waals surface area contributed by atoms with Crippen LogP contribution in [0.3, 0.4) is 0 Å². The van der Waals surface area contributed by atoms with Gasteiger partial charge in [0.25, 0.3) is 0 Å². The van der Waals surface area contributed by atoms with Crippen LogP contribution in [0.5, 0.6) is 0 Å². The van der Waals surface area contributed by atoms with Crippen LogP contribution in [0.4, 0.5) is 4.39 Å². The van der Waals surface area contributed by atoms with Gasteiger partial charge in [-0.05, 0) is 37.6 Å². The van der Waals surface area contributed by atoms with Crippen molar-refractivity contribution in [2.45, 2.75) is 25.9 Å². The molecule has 3 nitrogen and oxygen atoms in total. The Morgan fingerprint density at radius 1 is 1.26 bits per heavy atom. The van der Waals surface area contributed by atoms with E-state index in [9.17, 15) is 9.50 Å². The zero-order valence-corrected chi connectivity index (χ0v) is 11.1. The fourth-order valence-electron chi connectivity index (χ4n) is 2.32. The molecule has 2 unspecified atom stereocenters. The summed E-state index contributed by atoms with van der Waals surface area (Å²) in [6.07, 6.45) is -0.757. The van der Waals surface area contributed by atoms with E-state index in [1.807, 2.05) is 19.9 Å². The van der Waals surface area contributed by atoms with Crippen LogP contribution in [0, 0.1) is 19.7 Å². The Balaban J connectivity index is 2.31. The van der Waals surface area contributed by atoms with Crippen molar-refractivity contribution in [2.24, 2.45) is 5.73 Å². The molecule has 3 N–H and O–H groups in total. The number of benzene rings is 1. The van der Waals surface area contributed by atoms with Crippen LogP contribution in [-0.2, 0) is 0 Å². The van der Waals surface area contributed by atoms with Crippen molar-refractivity contribution >= 4 is 0 Å². The second kappa shape index (κ2) is 5.55. The standard InChI is InChI=1S/C15H18FNO2/c1-9-7-13(10(2)19-9)15(18)14(8-17)11-3-5-12(16)6-4-11/h3-7,14-15,18H,8,17H2,1-2H3. The van der Waals surface area contributed by atoms with Crippen LogP contribution in [0.15, 0.2) is 34.7 Å². The first kappa shape index (κ1) is 13.8. The summed E-state index contributed by atoms with van der Waals surface area (Å²) in [5.74, 6) is 0.854. The summed E-state index contributed by atoms with van der Waals surface area (Å²) in [5.41, 5.74) is 7.30. The predicted octanol–water partition coefficient (Wildman–Crippen LogP) is 2.81. The Bertz CT molecular complexity index is 548. The molecule has 19 heavy (non-hydrogen) atoms. The van der Waals surface area contributed by atoms with E-state index < -0.39 is 6.10 Å². The maximum absolute atomic E-state index is 12.9. The number of aliphatic hydroxyl groups is 1. The third-order valence-electron chi connectivity index (χ3n) is 3.33. The third-order valence-corrected chi connectivity index (χ3v) is 3.33. The van der Waals surface area contributed by atoms with Gasteiger partial charge in [-0.1, -0.05) is 12.1 Å². The van der Waals surface area contributed by atoms with Crippen LogP contribution in [0.1, 0.15) is 34.7 Å². The van der Waals surface area contributed by atoms with Crippen molar-refractivity contribution in [2.75, 3.05) is 6.54 Å². The number of aliphatic hydroxyl groups excluding tert-OH is 1. The van der Waals surface area contributed by atoms with Crippen molar-refractivity contribution in [3.8, 4) is 0 Å². The number of furan rings is 1. The highest BCUT2D eigenvalue weighted by Gasteiger charge is 2.24. The van der Waals surface area contributed by atoms with Gasteiger partial charge in [-0.3, -0.25) is 0 Å². The molecule has 0 radical (unpaired) electrons. The van der Waals surface area contributed by atoms with Crippen molar-refractivity contribution in [1.29, 1.82) is 0 Å². The number of hydrogen-bond acceptors (Lipinski definition) is 3. The second-order valence-corrected chi connectivity index (χ2v) is 4.71. The molecular formula is C15H18FNO2. The van der Waals surface area contributed by atoms with Gasteiger partial charge in [0.05, 0.1) is 6.10 Å². The average molecular weight is 263 g/mol. The predicted molar refractivity (Wildman–Crippen MR) is 71.3 cm³/mol. The molecule has 2 rings (SSSR count). The van der Waals surface area contributed by atoms with Gasteiger partial charge in [0, 0.05) is 18.0 Å². The van der Waals surface area contributed by atoms with E-state index in [0.717, 1.165) is 16.9 Å². The number of nitrogens with two attached hydrogens (primary N) is 1. The molecule has 1 aromatic heterocycles. The lowest BCUT2D eigenvalue weighted by Crippen LogP contribution is -2.20. The average Bonchev–Trinajstić information content (AvgIpc) is 2.71. The van der Waals surface area contributed by atoms with Gasteiger partial charge in [-0.2, -0.15) is 0 Å². The molecule has 0 amide bonds. The number of aryl methyl sites for hydroxylation is 2. The monoisotopic (exact) mass is 263 g/mol.